The van der Waals surface area contributed by atoms with Gasteiger partial charge in [0.25, 0.3) is 0 Å². The number of nitrogens with zero attached hydrogens (tertiary/aromatic N) is 1. The van der Waals surface area contributed by atoms with Crippen LogP contribution >= 0.6 is 0 Å². The maximum Gasteiger partial charge on any atom is 2.00 e. The molecule has 0 N–H and O–H groups in total. The third kappa shape index (κ3) is 188. The standard InChI is InChI=1S/C7H13N.CH3.30W/c1-3-7-4-5-8(2)6-7;;;;;;;;;;;;;;;;;;;;;;;;;;;;;;;/h1,3-6H2,2H3;1H3;;;;;;;;;;;;;;;;;;;;;;;;;;;;;;/q-2;-1;;;;;;;;;;;;;;;;;;;;;;;;;;;;;;+2. The van der Waals surface area contributed by atoms with Crippen molar-refractivity contribution in [3.8, 4) is 0 Å². The normalized spacial score (nSPS) is 5.08. The van der Waals surface area contributed by atoms with Gasteiger partial charge in [0.1, 0.15) is 0 Å². The van der Waals surface area contributed by atoms with Crippen LogP contribution in [0.4, 0.5) is 0 Å². The van der Waals surface area contributed by atoms with Crippen molar-refractivity contribution >= 4 is 0 Å². The van der Waals surface area contributed by atoms with Crippen LogP contribution in [0.2, 0.25) is 0 Å². The van der Waals surface area contributed by atoms with E-state index in [-0.39, 0.29) is 639 Å². The molecule has 0 aliphatic carbocycles. The molecule has 0 saturated carbocycles. The molecule has 1 aliphatic rings. The summed E-state index contributed by atoms with van der Waals surface area (Å²) < 4.78 is 0. The molecule has 0 aromatic heterocycles. The molecular weight excluding hydrogens is 5630 g/mol. The Kier molecular flexibility index (Phi) is 1330. The topological polar surface area (TPSA) is 3.24 Å². The van der Waals surface area contributed by atoms with Gasteiger partial charge < -0.3 is 31.6 Å². The van der Waals surface area contributed by atoms with Gasteiger partial charge in [0.05, 0.1) is 0 Å². The van der Waals surface area contributed by atoms with Crippen molar-refractivity contribution in [3.63, 3.8) is 0 Å². The van der Waals surface area contributed by atoms with Crippen molar-refractivity contribution in [2.24, 2.45) is 0 Å². The van der Waals surface area contributed by atoms with E-state index in [0.717, 1.165) is 6.42 Å². The number of hydrogen-bond donors (Lipinski definition) is 0. The van der Waals surface area contributed by atoms with E-state index < -0.39 is 0 Å². The molecule has 0 atom stereocenters. The van der Waals surface area contributed by atoms with Gasteiger partial charge in [-0.25, -0.2) is 0 Å². The minimum Gasteiger partial charge on any atom is -0.372 e. The van der Waals surface area contributed by atoms with Crippen LogP contribution in [-0.4, -0.2) is 25.0 Å². The van der Waals surface area contributed by atoms with Gasteiger partial charge in [-0.1, -0.05) is 0 Å². The van der Waals surface area contributed by atoms with Crippen LogP contribution in [0.1, 0.15) is 12.8 Å². The molecule has 1 aliphatic heterocycles. The maximum atomic E-state index is 3.84. The third-order valence-corrected chi connectivity index (χ3v) is 1.69. The van der Waals surface area contributed by atoms with Gasteiger partial charge in [-0.15, -0.1) is 6.54 Å². The van der Waals surface area contributed by atoms with Crippen molar-refractivity contribution in [2.45, 2.75) is 12.8 Å². The first kappa shape index (κ1) is 250. The van der Waals surface area contributed by atoms with E-state index in [0.29, 0.717) is 0 Å². The molecule has 234 valence electrons. The van der Waals surface area contributed by atoms with E-state index in [9.17, 15) is 0 Å². The third-order valence-electron chi connectivity index (χ3n) is 1.69. The Hall–Kier alpha value is 20.6. The van der Waals surface area contributed by atoms with Gasteiger partial charge >= 0.3 is 21.1 Å². The maximum absolute atomic E-state index is 3.84. The van der Waals surface area contributed by atoms with Gasteiger partial charge in [-0.3, -0.25) is 0 Å². The zero-order valence-electron chi connectivity index (χ0n) is 18.7. The molecular formula is C8H16NW30-. The van der Waals surface area contributed by atoms with Gasteiger partial charge in [0.15, 0.2) is 0 Å². The zero-order valence-corrected chi connectivity index (χ0v) is 107. The molecule has 0 radical (unpaired) electrons. The van der Waals surface area contributed by atoms with Crippen LogP contribution in [-0.2, 0) is 632 Å². The Morgan fingerprint density at radius 1 is 0.436 bits per heavy atom. The molecule has 1 saturated heterocycles. The van der Waals surface area contributed by atoms with Gasteiger partial charge in [0, 0.05) is 611 Å². The molecule has 1 fully saturated rings. The fraction of sp³-hybridized carbons (Fsp3) is 0.625. The molecule has 0 unspecified atom stereocenters. The van der Waals surface area contributed by atoms with Crippen LogP contribution in [0, 0.1) is 20.3 Å². The summed E-state index contributed by atoms with van der Waals surface area (Å²) >= 11 is 0. The van der Waals surface area contributed by atoms with Crippen LogP contribution in [0.15, 0.2) is 0 Å². The Labute approximate surface area is 671 Å². The van der Waals surface area contributed by atoms with Crippen molar-refractivity contribution in [1.29, 1.82) is 0 Å². The van der Waals surface area contributed by atoms with Crippen LogP contribution in [0.25, 0.3) is 0 Å². The summed E-state index contributed by atoms with van der Waals surface area (Å²) in [5.41, 5.74) is 0. The smallest absolute Gasteiger partial charge is 0.372 e. The fourth-order valence-corrected chi connectivity index (χ4v) is 1.09. The van der Waals surface area contributed by atoms with Crippen molar-refractivity contribution in [2.75, 3.05) is 20.1 Å². The molecule has 1 nitrogen and oxygen atoms in total. The van der Waals surface area contributed by atoms with Crippen LogP contribution < -0.4 is 0 Å². The van der Waals surface area contributed by atoms with Gasteiger partial charge in [-0.05, 0) is 13.6 Å². The van der Waals surface area contributed by atoms with Gasteiger partial charge in [-0.2, -0.15) is 6.42 Å². The summed E-state index contributed by atoms with van der Waals surface area (Å²) in [6, 6.07) is 0. The minimum atomic E-state index is 0. The number of rotatable bonds is 1. The average molecular weight is 5640 g/mol. The first-order valence-corrected chi connectivity index (χ1v) is 3.14. The largest absolute Gasteiger partial charge is 2.00 e. The van der Waals surface area contributed by atoms with E-state index in [2.05, 4.69) is 18.9 Å². The molecule has 1 heterocycles. The number of likely N-dealkylation sites (tertiary alicyclic amines) is 1. The predicted molar refractivity (Wildman–Crippen MR) is 41.7 cm³/mol. The van der Waals surface area contributed by atoms with Gasteiger partial charge in [0.2, 0.25) is 0 Å². The average Bonchev–Trinajstić information content (AvgIpc) is 2.14. The summed E-state index contributed by atoms with van der Waals surface area (Å²) in [7, 11) is 2.16. The summed E-state index contributed by atoms with van der Waals surface area (Å²) in [5, 5.41) is 0. The van der Waals surface area contributed by atoms with Crippen molar-refractivity contribution in [3.05, 3.63) is 20.3 Å². The van der Waals surface area contributed by atoms with E-state index in [1.54, 1.807) is 5.92 Å². The Morgan fingerprint density at radius 2 is 0.590 bits per heavy atom. The minimum absolute atomic E-state index is 0. The van der Waals surface area contributed by atoms with Crippen molar-refractivity contribution < 1.29 is 632 Å². The molecule has 1 rings (SSSR count). The molecule has 39 heavy (non-hydrogen) atoms. The quantitative estimate of drug-likeness (QED) is 0.361. The monoisotopic (exact) mass is 5640 g/mol. The Bertz CT molecular complexity index is 101. The van der Waals surface area contributed by atoms with E-state index in [4.69, 9.17) is 0 Å². The predicted octanol–water partition coefficient (Wildman–Crippen LogP) is 1.50. The van der Waals surface area contributed by atoms with Crippen LogP contribution in [0.5, 0.6) is 0 Å². The van der Waals surface area contributed by atoms with E-state index in [1.807, 2.05) is 0 Å². The molecule has 0 spiro atoms. The fourth-order valence-electron chi connectivity index (χ4n) is 1.09. The molecule has 31 heteroatoms. The summed E-state index contributed by atoms with van der Waals surface area (Å²) in [5.74, 6) is 1.60. The Balaban J connectivity index is -0.000000000712. The number of hydrogen-bond acceptors (Lipinski definition) is 1. The second-order valence-corrected chi connectivity index (χ2v) is 2.49. The molecule has 0 aromatic rings. The van der Waals surface area contributed by atoms with Crippen LogP contribution in [0.3, 0.4) is 0 Å². The first-order chi connectivity index (χ1) is 3.83. The second-order valence-electron chi connectivity index (χ2n) is 2.49. The van der Waals surface area contributed by atoms with E-state index in [1.165, 1.54) is 19.5 Å². The summed E-state index contributed by atoms with van der Waals surface area (Å²) in [6.07, 6.45) is 2.31. The summed E-state index contributed by atoms with van der Waals surface area (Å²) in [6.45, 7) is 6.26. The SMILES string of the molecule is [CH2-]C[C-]1CCN(C)C1.[CH3-].[W+2].[W].[W].[W].[W].[W].[W].[W].[W].[W].[W].[W].[W].[W].[W].[W].[W].[W].[W].[W].[W].[W].[W].[W].[W].[W].[W].[W].[W].[W]. The van der Waals surface area contributed by atoms with Crippen molar-refractivity contribution in [1.82, 2.24) is 4.90 Å². The Morgan fingerprint density at radius 3 is 0.641 bits per heavy atom. The zero-order chi connectivity index (χ0) is 5.98. The first-order valence-electron chi connectivity index (χ1n) is 3.14. The molecule has 0 aromatic carbocycles. The summed E-state index contributed by atoms with van der Waals surface area (Å²) in [4.78, 5) is 2.33. The molecule has 0 bridgehead atoms. The second kappa shape index (κ2) is 208. The van der Waals surface area contributed by atoms with E-state index >= 15 is 0 Å². The molecule has 0 amide bonds.